The van der Waals surface area contributed by atoms with E-state index in [1.165, 1.54) is 11.1 Å². The summed E-state index contributed by atoms with van der Waals surface area (Å²) in [7, 11) is 3.80. The van der Waals surface area contributed by atoms with E-state index in [1.54, 1.807) is 0 Å². The molecule has 6 heteroatoms. The molecule has 1 heterocycles. The molecule has 1 aromatic carbocycles. The molecule has 1 aliphatic carbocycles. The first-order valence-corrected chi connectivity index (χ1v) is 8.14. The molecule has 1 aromatic heterocycles. The number of carbonyl (C=O) groups excluding carboxylic acids is 1. The minimum absolute atomic E-state index is 0.165. The average Bonchev–Trinajstić information content (AvgIpc) is 2.53. The van der Waals surface area contributed by atoms with E-state index in [-0.39, 0.29) is 6.03 Å². The highest BCUT2D eigenvalue weighted by atomic mass is 16.2. The molecule has 1 unspecified atom stereocenters. The van der Waals surface area contributed by atoms with E-state index in [9.17, 15) is 4.79 Å². The Bertz CT molecular complexity index is 744. The Balaban J connectivity index is 1.48. The second kappa shape index (κ2) is 6.86. The van der Waals surface area contributed by atoms with Gasteiger partial charge in [0, 0.05) is 32.3 Å². The van der Waals surface area contributed by atoms with Crippen LogP contribution in [-0.2, 0) is 13.0 Å². The first kappa shape index (κ1) is 16.2. The summed E-state index contributed by atoms with van der Waals surface area (Å²) in [5, 5.41) is 5.80. The van der Waals surface area contributed by atoms with Gasteiger partial charge in [-0.15, -0.1) is 0 Å². The van der Waals surface area contributed by atoms with Crippen molar-refractivity contribution < 1.29 is 4.79 Å². The van der Waals surface area contributed by atoms with Crippen LogP contribution in [0.25, 0.3) is 0 Å². The lowest BCUT2D eigenvalue weighted by Crippen LogP contribution is -2.39. The summed E-state index contributed by atoms with van der Waals surface area (Å²) < 4.78 is 0. The summed E-state index contributed by atoms with van der Waals surface area (Å²) in [6.07, 6.45) is 1.04. The third kappa shape index (κ3) is 3.64. The molecule has 3 rings (SSSR count). The van der Waals surface area contributed by atoms with Gasteiger partial charge in [-0.25, -0.2) is 14.8 Å². The van der Waals surface area contributed by atoms with Crippen molar-refractivity contribution in [1.29, 1.82) is 0 Å². The molecule has 126 valence electrons. The number of nitrogens with zero attached hydrogens (tertiary/aromatic N) is 3. The number of nitrogens with one attached hydrogen (secondary N) is 2. The highest BCUT2D eigenvalue weighted by Gasteiger charge is 2.25. The van der Waals surface area contributed by atoms with Gasteiger partial charge < -0.3 is 15.5 Å². The molecule has 0 radical (unpaired) electrons. The van der Waals surface area contributed by atoms with Gasteiger partial charge in [0.1, 0.15) is 0 Å². The van der Waals surface area contributed by atoms with Crippen molar-refractivity contribution in [2.24, 2.45) is 0 Å². The molecule has 0 bridgehead atoms. The van der Waals surface area contributed by atoms with Gasteiger partial charge in [0.05, 0.1) is 12.2 Å². The minimum atomic E-state index is -0.165. The van der Waals surface area contributed by atoms with Crippen LogP contribution in [0.1, 0.15) is 28.4 Å². The van der Waals surface area contributed by atoms with Crippen LogP contribution in [-0.4, -0.2) is 36.6 Å². The molecule has 1 aliphatic rings. The van der Waals surface area contributed by atoms with Crippen LogP contribution in [0.5, 0.6) is 0 Å². The Hall–Kier alpha value is -2.63. The monoisotopic (exact) mass is 325 g/mol. The molecule has 0 spiro atoms. The van der Waals surface area contributed by atoms with Crippen molar-refractivity contribution in [3.8, 4) is 0 Å². The molecular formula is C18H23N5O. The van der Waals surface area contributed by atoms with Gasteiger partial charge in [-0.3, -0.25) is 0 Å². The third-order valence-electron chi connectivity index (χ3n) is 4.20. The zero-order valence-electron chi connectivity index (χ0n) is 14.3. The van der Waals surface area contributed by atoms with E-state index in [2.05, 4.69) is 38.8 Å². The van der Waals surface area contributed by atoms with Crippen molar-refractivity contribution in [3.63, 3.8) is 0 Å². The van der Waals surface area contributed by atoms with Crippen LogP contribution in [0.4, 0.5) is 10.7 Å². The summed E-state index contributed by atoms with van der Waals surface area (Å²) in [6.45, 7) is 2.97. The molecule has 2 amide bonds. The van der Waals surface area contributed by atoms with Crippen LogP contribution in [0.3, 0.4) is 0 Å². The van der Waals surface area contributed by atoms with Crippen molar-refractivity contribution in [3.05, 3.63) is 52.8 Å². The van der Waals surface area contributed by atoms with Gasteiger partial charge in [0.15, 0.2) is 0 Å². The molecule has 24 heavy (non-hydrogen) atoms. The van der Waals surface area contributed by atoms with Crippen LogP contribution >= 0.6 is 0 Å². The number of rotatable bonds is 5. The molecular weight excluding hydrogens is 302 g/mol. The van der Waals surface area contributed by atoms with Gasteiger partial charge in [0.2, 0.25) is 5.95 Å². The molecule has 0 fully saturated rings. The fourth-order valence-corrected chi connectivity index (χ4v) is 2.90. The second-order valence-corrected chi connectivity index (χ2v) is 6.36. The Morgan fingerprint density at radius 1 is 1.25 bits per heavy atom. The standard InChI is InChI=1S/C18H23N5O/c1-12-8-15(22-17(21-12)23(2)3)11-20-18(24)19-10-14-9-13-6-4-5-7-16(13)14/h4-8,14H,9-11H2,1-3H3,(H2,19,20,24). The quantitative estimate of drug-likeness (QED) is 0.882. The first-order chi connectivity index (χ1) is 11.5. The zero-order chi connectivity index (χ0) is 17.1. The summed E-state index contributed by atoms with van der Waals surface area (Å²) in [6, 6.07) is 10.1. The van der Waals surface area contributed by atoms with Gasteiger partial charge in [0.25, 0.3) is 0 Å². The fraction of sp³-hybridized carbons (Fsp3) is 0.389. The number of fused-ring (bicyclic) bond motifs is 1. The Morgan fingerprint density at radius 2 is 2.04 bits per heavy atom. The molecule has 1 atom stereocenters. The maximum absolute atomic E-state index is 12.0. The predicted molar refractivity (Wildman–Crippen MR) is 94.2 cm³/mol. The van der Waals surface area contributed by atoms with E-state index >= 15 is 0 Å². The second-order valence-electron chi connectivity index (χ2n) is 6.36. The number of benzene rings is 1. The maximum atomic E-state index is 12.0. The number of hydrogen-bond acceptors (Lipinski definition) is 4. The van der Waals surface area contributed by atoms with Gasteiger partial charge in [-0.1, -0.05) is 24.3 Å². The largest absolute Gasteiger partial charge is 0.347 e. The van der Waals surface area contributed by atoms with Gasteiger partial charge in [-0.2, -0.15) is 0 Å². The van der Waals surface area contributed by atoms with Crippen molar-refractivity contribution >= 4 is 12.0 Å². The SMILES string of the molecule is Cc1cc(CNC(=O)NCC2Cc3ccccc32)nc(N(C)C)n1. The Labute approximate surface area is 142 Å². The van der Waals surface area contributed by atoms with E-state index < -0.39 is 0 Å². The van der Waals surface area contributed by atoms with E-state index in [4.69, 9.17) is 0 Å². The number of anilines is 1. The summed E-state index contributed by atoms with van der Waals surface area (Å²) in [5.74, 6) is 1.08. The Morgan fingerprint density at radius 3 is 2.79 bits per heavy atom. The van der Waals surface area contributed by atoms with Crippen LogP contribution in [0.15, 0.2) is 30.3 Å². The fourth-order valence-electron chi connectivity index (χ4n) is 2.90. The average molecular weight is 325 g/mol. The molecule has 2 N–H and O–H groups in total. The normalized spacial score (nSPS) is 15.2. The van der Waals surface area contributed by atoms with Gasteiger partial charge >= 0.3 is 6.03 Å². The topological polar surface area (TPSA) is 70.2 Å². The number of aromatic nitrogens is 2. The zero-order valence-corrected chi connectivity index (χ0v) is 14.3. The number of urea groups is 1. The lowest BCUT2D eigenvalue weighted by atomic mass is 9.78. The summed E-state index contributed by atoms with van der Waals surface area (Å²) in [5.41, 5.74) is 4.42. The lowest BCUT2D eigenvalue weighted by Gasteiger charge is -2.30. The Kier molecular flexibility index (Phi) is 4.64. The molecule has 0 aliphatic heterocycles. The minimum Gasteiger partial charge on any atom is -0.347 e. The molecule has 2 aromatic rings. The number of carbonyl (C=O) groups is 1. The highest BCUT2D eigenvalue weighted by molar-refractivity contribution is 5.74. The lowest BCUT2D eigenvalue weighted by molar-refractivity contribution is 0.239. The predicted octanol–water partition coefficient (Wildman–Crippen LogP) is 1.99. The van der Waals surface area contributed by atoms with E-state index in [0.29, 0.717) is 25.0 Å². The molecule has 6 nitrogen and oxygen atoms in total. The van der Waals surface area contributed by atoms with Crippen LogP contribution < -0.4 is 15.5 Å². The van der Waals surface area contributed by atoms with E-state index in [1.807, 2.05) is 38.1 Å². The number of amides is 2. The molecule has 0 saturated carbocycles. The summed E-state index contributed by atoms with van der Waals surface area (Å²) >= 11 is 0. The number of hydrogen-bond donors (Lipinski definition) is 2. The van der Waals surface area contributed by atoms with Crippen molar-refractivity contribution in [2.45, 2.75) is 25.8 Å². The van der Waals surface area contributed by atoms with Crippen molar-refractivity contribution in [1.82, 2.24) is 20.6 Å². The number of aryl methyl sites for hydroxylation is 1. The van der Waals surface area contributed by atoms with Crippen molar-refractivity contribution in [2.75, 3.05) is 25.5 Å². The highest BCUT2D eigenvalue weighted by Crippen LogP contribution is 2.33. The summed E-state index contributed by atoms with van der Waals surface area (Å²) in [4.78, 5) is 22.6. The van der Waals surface area contributed by atoms with Crippen LogP contribution in [0.2, 0.25) is 0 Å². The van der Waals surface area contributed by atoms with E-state index in [0.717, 1.165) is 17.8 Å². The smallest absolute Gasteiger partial charge is 0.315 e. The molecule has 0 saturated heterocycles. The maximum Gasteiger partial charge on any atom is 0.315 e. The first-order valence-electron chi connectivity index (χ1n) is 8.14. The van der Waals surface area contributed by atoms with Gasteiger partial charge in [-0.05, 0) is 30.5 Å². The van der Waals surface area contributed by atoms with Crippen LogP contribution in [0, 0.1) is 6.92 Å². The third-order valence-corrected chi connectivity index (χ3v) is 4.20.